The summed E-state index contributed by atoms with van der Waals surface area (Å²) in [5, 5.41) is 8.25. The van der Waals surface area contributed by atoms with Crippen LogP contribution in [0.4, 0.5) is 13.2 Å². The smallest absolute Gasteiger partial charge is 0.298 e. The minimum absolute atomic E-state index is 0.0542. The lowest BCUT2D eigenvalue weighted by Gasteiger charge is -2.10. The van der Waals surface area contributed by atoms with Crippen LogP contribution in [-0.4, -0.2) is 6.29 Å². The van der Waals surface area contributed by atoms with Gasteiger partial charge in [-0.15, -0.1) is 0 Å². The van der Waals surface area contributed by atoms with E-state index in [0.717, 1.165) is 24.3 Å². The van der Waals surface area contributed by atoms with Crippen LogP contribution in [0.5, 0.6) is 0 Å². The number of aldehydes is 1. The molecule has 0 N–H and O–H groups in total. The van der Waals surface area contributed by atoms with Crippen LogP contribution in [0.2, 0.25) is 0 Å². The second-order valence-corrected chi connectivity index (χ2v) is 2.92. The highest BCUT2D eigenvalue weighted by molar-refractivity contribution is 5.76. The Labute approximate surface area is 89.6 Å². The third-order valence-corrected chi connectivity index (χ3v) is 1.86. The Balaban J connectivity index is 3.34. The first-order chi connectivity index (χ1) is 7.49. The number of nitriles is 1. The maximum absolute atomic E-state index is 12.6. The molecular formula is C11H6F3NO. The Bertz CT molecular complexity index is 469. The zero-order valence-corrected chi connectivity index (χ0v) is 7.95. The van der Waals surface area contributed by atoms with Crippen molar-refractivity contribution in [1.29, 1.82) is 5.26 Å². The molecule has 0 fully saturated rings. The van der Waals surface area contributed by atoms with Crippen LogP contribution in [0.25, 0.3) is 6.08 Å². The van der Waals surface area contributed by atoms with Crippen LogP contribution in [0.3, 0.4) is 0 Å². The molecule has 0 unspecified atom stereocenters. The fourth-order valence-electron chi connectivity index (χ4n) is 1.17. The van der Waals surface area contributed by atoms with Crippen molar-refractivity contribution in [2.24, 2.45) is 0 Å². The molecule has 0 heterocycles. The molecule has 0 radical (unpaired) electrons. The fourth-order valence-corrected chi connectivity index (χ4v) is 1.17. The fraction of sp³-hybridized carbons (Fsp3) is 0.0909. The Morgan fingerprint density at radius 1 is 1.31 bits per heavy atom. The van der Waals surface area contributed by atoms with E-state index >= 15 is 0 Å². The van der Waals surface area contributed by atoms with Crippen molar-refractivity contribution in [3.8, 4) is 6.07 Å². The van der Waals surface area contributed by atoms with E-state index in [1.54, 1.807) is 6.07 Å². The number of carbonyl (C=O) groups excluding carboxylic acids is 1. The van der Waals surface area contributed by atoms with Crippen molar-refractivity contribution in [3.05, 3.63) is 41.0 Å². The number of nitrogens with zero attached hydrogens (tertiary/aromatic N) is 1. The van der Waals surface area contributed by atoms with Crippen LogP contribution in [0, 0.1) is 11.3 Å². The molecule has 1 aromatic rings. The summed E-state index contributed by atoms with van der Waals surface area (Å²) in [5.41, 5.74) is -1.12. The van der Waals surface area contributed by atoms with Crippen molar-refractivity contribution >= 4 is 12.4 Å². The van der Waals surface area contributed by atoms with Gasteiger partial charge in [0, 0.05) is 11.6 Å². The highest BCUT2D eigenvalue weighted by Crippen LogP contribution is 2.33. The van der Waals surface area contributed by atoms with E-state index < -0.39 is 11.7 Å². The average molecular weight is 225 g/mol. The van der Waals surface area contributed by atoms with E-state index in [4.69, 9.17) is 5.26 Å². The molecule has 1 rings (SSSR count). The summed E-state index contributed by atoms with van der Waals surface area (Å²) < 4.78 is 37.7. The van der Waals surface area contributed by atoms with Crippen molar-refractivity contribution in [1.82, 2.24) is 0 Å². The molecule has 0 bridgehead atoms. The van der Waals surface area contributed by atoms with Gasteiger partial charge in [-0.05, 0) is 17.7 Å². The lowest BCUT2D eigenvalue weighted by Crippen LogP contribution is -2.08. The van der Waals surface area contributed by atoms with E-state index in [-0.39, 0.29) is 11.1 Å². The second-order valence-electron chi connectivity index (χ2n) is 2.92. The number of halogens is 3. The summed E-state index contributed by atoms with van der Waals surface area (Å²) in [7, 11) is 0. The number of allylic oxidation sites excluding steroid dienone is 1. The van der Waals surface area contributed by atoms with Gasteiger partial charge in [0.05, 0.1) is 11.6 Å². The van der Waals surface area contributed by atoms with Crippen LogP contribution >= 0.6 is 0 Å². The van der Waals surface area contributed by atoms with E-state index in [1.165, 1.54) is 6.07 Å². The van der Waals surface area contributed by atoms with Crippen LogP contribution in [-0.2, 0) is 6.18 Å². The molecule has 1 aromatic carbocycles. The lowest BCUT2D eigenvalue weighted by molar-refractivity contribution is -0.137. The van der Waals surface area contributed by atoms with Gasteiger partial charge in [-0.25, -0.2) is 0 Å². The lowest BCUT2D eigenvalue weighted by atomic mass is 10.0. The van der Waals surface area contributed by atoms with Gasteiger partial charge < -0.3 is 0 Å². The monoisotopic (exact) mass is 225 g/mol. The van der Waals surface area contributed by atoms with Gasteiger partial charge in [-0.1, -0.05) is 12.1 Å². The summed E-state index contributed by atoms with van der Waals surface area (Å²) in [5.74, 6) is 0. The predicted molar refractivity (Wildman–Crippen MR) is 51.5 cm³/mol. The minimum Gasteiger partial charge on any atom is -0.298 e. The molecule has 2 nitrogen and oxygen atoms in total. The standard InChI is InChI=1S/C11H6F3NO/c12-11(13,14)10-6-8(7-16)3-4-9(10)2-1-5-15/h1-4,6-7H. The molecule has 0 amide bonds. The molecule has 0 saturated heterocycles. The summed E-state index contributed by atoms with van der Waals surface area (Å²) >= 11 is 0. The molecule has 0 aliphatic heterocycles. The van der Waals surface area contributed by atoms with Gasteiger partial charge in [-0.3, -0.25) is 4.79 Å². The SMILES string of the molecule is N#CC=Cc1ccc(C=O)cc1C(F)(F)F. The zero-order chi connectivity index (χ0) is 12.2. The Hall–Kier alpha value is -2.09. The maximum atomic E-state index is 12.6. The summed E-state index contributed by atoms with van der Waals surface area (Å²) in [6, 6.07) is 4.78. The van der Waals surface area contributed by atoms with Gasteiger partial charge in [0.1, 0.15) is 6.29 Å². The molecule has 16 heavy (non-hydrogen) atoms. The zero-order valence-electron chi connectivity index (χ0n) is 7.95. The summed E-state index contributed by atoms with van der Waals surface area (Å²) in [6.45, 7) is 0. The van der Waals surface area contributed by atoms with Crippen molar-refractivity contribution in [2.45, 2.75) is 6.18 Å². The summed E-state index contributed by atoms with van der Waals surface area (Å²) in [6.07, 6.45) is -2.20. The first-order valence-electron chi connectivity index (χ1n) is 4.21. The molecule has 5 heteroatoms. The van der Waals surface area contributed by atoms with Gasteiger partial charge in [0.2, 0.25) is 0 Å². The topological polar surface area (TPSA) is 40.9 Å². The Morgan fingerprint density at radius 2 is 2.00 bits per heavy atom. The van der Waals surface area contributed by atoms with Gasteiger partial charge in [0.25, 0.3) is 0 Å². The van der Waals surface area contributed by atoms with Crippen molar-refractivity contribution < 1.29 is 18.0 Å². The molecule has 0 aromatic heterocycles. The van der Waals surface area contributed by atoms with Gasteiger partial charge in [0.15, 0.2) is 0 Å². The molecular weight excluding hydrogens is 219 g/mol. The van der Waals surface area contributed by atoms with Crippen molar-refractivity contribution in [3.63, 3.8) is 0 Å². The van der Waals surface area contributed by atoms with Crippen LogP contribution in [0.15, 0.2) is 24.3 Å². The third-order valence-electron chi connectivity index (χ3n) is 1.86. The molecule has 0 aliphatic rings. The number of rotatable bonds is 2. The van der Waals surface area contributed by atoms with E-state index in [9.17, 15) is 18.0 Å². The van der Waals surface area contributed by atoms with Crippen molar-refractivity contribution in [2.75, 3.05) is 0 Å². The predicted octanol–water partition coefficient (Wildman–Crippen LogP) is 3.05. The third kappa shape index (κ3) is 2.70. The summed E-state index contributed by atoms with van der Waals surface area (Å²) in [4.78, 5) is 10.4. The number of benzene rings is 1. The Kier molecular flexibility index (Phi) is 3.46. The highest BCUT2D eigenvalue weighted by Gasteiger charge is 2.32. The molecule has 0 spiro atoms. The van der Waals surface area contributed by atoms with Gasteiger partial charge in [-0.2, -0.15) is 18.4 Å². The Morgan fingerprint density at radius 3 is 2.50 bits per heavy atom. The molecule has 0 saturated carbocycles. The first kappa shape index (κ1) is 12.0. The molecule has 0 aliphatic carbocycles. The first-order valence-corrected chi connectivity index (χ1v) is 4.21. The molecule has 0 atom stereocenters. The van der Waals surface area contributed by atoms with E-state index in [0.29, 0.717) is 6.29 Å². The largest absolute Gasteiger partial charge is 0.417 e. The number of alkyl halides is 3. The highest BCUT2D eigenvalue weighted by atomic mass is 19.4. The second kappa shape index (κ2) is 4.62. The number of carbonyl (C=O) groups is 1. The number of hydrogen-bond donors (Lipinski definition) is 0. The normalized spacial score (nSPS) is 11.4. The average Bonchev–Trinajstić information content (AvgIpc) is 2.25. The molecule has 82 valence electrons. The van der Waals surface area contributed by atoms with E-state index in [2.05, 4.69) is 0 Å². The maximum Gasteiger partial charge on any atom is 0.417 e. The minimum atomic E-state index is -4.55. The number of hydrogen-bond acceptors (Lipinski definition) is 2. The van der Waals surface area contributed by atoms with Gasteiger partial charge >= 0.3 is 6.18 Å². The van der Waals surface area contributed by atoms with E-state index in [1.807, 2.05) is 0 Å². The quantitative estimate of drug-likeness (QED) is 0.573. The van der Waals surface area contributed by atoms with Crippen LogP contribution in [0.1, 0.15) is 21.5 Å². The van der Waals surface area contributed by atoms with Crippen LogP contribution < -0.4 is 0 Å².